The normalized spacial score (nSPS) is 52.0. The van der Waals surface area contributed by atoms with Gasteiger partial charge >= 0.3 is 0 Å². The van der Waals surface area contributed by atoms with Gasteiger partial charge in [-0.05, 0) is 79.6 Å². The van der Waals surface area contributed by atoms with Crippen molar-refractivity contribution in [2.75, 3.05) is 0 Å². The van der Waals surface area contributed by atoms with Gasteiger partial charge in [0.1, 0.15) is 5.78 Å². The van der Waals surface area contributed by atoms with Crippen LogP contribution in [0.2, 0.25) is 0 Å². The van der Waals surface area contributed by atoms with Crippen LogP contribution in [0.25, 0.3) is 0 Å². The highest BCUT2D eigenvalue weighted by Gasteiger charge is 2.63. The number of carbonyl (C=O) groups is 2. The van der Waals surface area contributed by atoms with Gasteiger partial charge in [0.05, 0.1) is 6.10 Å². The standard InChI is InChI=1S/C22H32O3/c1-12-9-15-17-6-5-16(13(2)23)22(17,4)11-19(25)20(15)21(3)8-7-14(24)10-18(12)21/h10,12,15-17,19-20,25H,5-9,11H2,1-4H3/t12-,15?,16+,17?,19-,20?,21-,22+/m0/s1. The maximum atomic E-state index is 12.2. The number of allylic oxidation sites excluding steroid dienone is 1. The highest BCUT2D eigenvalue weighted by molar-refractivity contribution is 5.91. The molecule has 138 valence electrons. The summed E-state index contributed by atoms with van der Waals surface area (Å²) in [6, 6.07) is 0. The Morgan fingerprint density at radius 3 is 2.68 bits per heavy atom. The van der Waals surface area contributed by atoms with Crippen LogP contribution in [0, 0.1) is 40.4 Å². The van der Waals surface area contributed by atoms with E-state index in [4.69, 9.17) is 0 Å². The molecule has 4 aliphatic carbocycles. The van der Waals surface area contributed by atoms with Crippen LogP contribution >= 0.6 is 0 Å². The number of fused-ring (bicyclic) bond motifs is 5. The number of aliphatic hydroxyl groups is 1. The minimum absolute atomic E-state index is 0.0474. The molecule has 25 heavy (non-hydrogen) atoms. The van der Waals surface area contributed by atoms with Crippen LogP contribution in [0.1, 0.15) is 66.2 Å². The van der Waals surface area contributed by atoms with Crippen molar-refractivity contribution in [1.29, 1.82) is 0 Å². The van der Waals surface area contributed by atoms with Crippen LogP contribution in [0.15, 0.2) is 11.6 Å². The van der Waals surface area contributed by atoms with E-state index in [1.807, 2.05) is 6.08 Å². The molecular weight excluding hydrogens is 312 g/mol. The molecule has 4 aliphatic rings. The third-order valence-electron chi connectivity index (χ3n) is 8.70. The lowest BCUT2D eigenvalue weighted by Crippen LogP contribution is -2.58. The van der Waals surface area contributed by atoms with Crippen LogP contribution in [0.3, 0.4) is 0 Å². The average Bonchev–Trinajstić information content (AvgIpc) is 2.85. The van der Waals surface area contributed by atoms with E-state index in [2.05, 4.69) is 20.8 Å². The van der Waals surface area contributed by atoms with E-state index in [9.17, 15) is 14.7 Å². The second kappa shape index (κ2) is 5.52. The maximum absolute atomic E-state index is 12.2. The zero-order valence-electron chi connectivity index (χ0n) is 16.0. The molecular formula is C22H32O3. The Morgan fingerprint density at radius 2 is 2.00 bits per heavy atom. The smallest absolute Gasteiger partial charge is 0.155 e. The van der Waals surface area contributed by atoms with Crippen molar-refractivity contribution >= 4 is 11.6 Å². The fraction of sp³-hybridized carbons (Fsp3) is 0.818. The van der Waals surface area contributed by atoms with E-state index in [-0.39, 0.29) is 34.6 Å². The summed E-state index contributed by atoms with van der Waals surface area (Å²) in [5.41, 5.74) is 1.19. The van der Waals surface area contributed by atoms with Crippen molar-refractivity contribution < 1.29 is 14.7 Å². The van der Waals surface area contributed by atoms with Crippen molar-refractivity contribution in [2.45, 2.75) is 72.3 Å². The first-order chi connectivity index (χ1) is 11.7. The Kier molecular flexibility index (Phi) is 3.85. The molecule has 0 radical (unpaired) electrons. The predicted octanol–water partition coefficient (Wildman–Crippen LogP) is 3.94. The molecule has 3 saturated carbocycles. The highest BCUT2D eigenvalue weighted by Crippen LogP contribution is 2.67. The minimum atomic E-state index is -0.361. The van der Waals surface area contributed by atoms with Gasteiger partial charge in [-0.25, -0.2) is 0 Å². The molecule has 0 spiro atoms. The highest BCUT2D eigenvalue weighted by atomic mass is 16.3. The summed E-state index contributed by atoms with van der Waals surface area (Å²) in [6.45, 7) is 8.55. The molecule has 0 aromatic carbocycles. The second-order valence-electron chi connectivity index (χ2n) is 9.93. The van der Waals surface area contributed by atoms with E-state index < -0.39 is 0 Å². The van der Waals surface area contributed by atoms with Gasteiger partial charge in [0, 0.05) is 12.3 Å². The second-order valence-corrected chi connectivity index (χ2v) is 9.93. The Balaban J connectivity index is 1.76. The molecule has 0 heterocycles. The minimum Gasteiger partial charge on any atom is -0.393 e. The van der Waals surface area contributed by atoms with Crippen molar-refractivity contribution in [3.8, 4) is 0 Å². The number of carbonyl (C=O) groups excluding carboxylic acids is 2. The van der Waals surface area contributed by atoms with Gasteiger partial charge in [-0.1, -0.05) is 26.3 Å². The molecule has 0 saturated heterocycles. The van der Waals surface area contributed by atoms with Crippen LogP contribution in [-0.4, -0.2) is 22.8 Å². The van der Waals surface area contributed by atoms with Crippen molar-refractivity contribution in [2.24, 2.45) is 40.4 Å². The number of aliphatic hydroxyl groups excluding tert-OH is 1. The van der Waals surface area contributed by atoms with Gasteiger partial charge in [-0.2, -0.15) is 0 Å². The van der Waals surface area contributed by atoms with Crippen molar-refractivity contribution in [3.05, 3.63) is 11.6 Å². The molecule has 3 nitrogen and oxygen atoms in total. The van der Waals surface area contributed by atoms with E-state index in [0.717, 1.165) is 32.1 Å². The number of ketones is 2. The monoisotopic (exact) mass is 344 g/mol. The lowest BCUT2D eigenvalue weighted by atomic mass is 9.44. The summed E-state index contributed by atoms with van der Waals surface area (Å²) in [5.74, 6) is 2.33. The predicted molar refractivity (Wildman–Crippen MR) is 96.8 cm³/mol. The molecule has 8 atom stereocenters. The van der Waals surface area contributed by atoms with E-state index >= 15 is 0 Å². The molecule has 0 aromatic heterocycles. The Morgan fingerprint density at radius 1 is 1.28 bits per heavy atom. The first-order valence-corrected chi connectivity index (χ1v) is 10.1. The largest absolute Gasteiger partial charge is 0.393 e. The fourth-order valence-corrected chi connectivity index (χ4v) is 7.79. The third kappa shape index (κ3) is 2.27. The fourth-order valence-electron chi connectivity index (χ4n) is 7.79. The van der Waals surface area contributed by atoms with Crippen molar-refractivity contribution in [3.63, 3.8) is 0 Å². The molecule has 3 fully saturated rings. The maximum Gasteiger partial charge on any atom is 0.155 e. The summed E-state index contributed by atoms with van der Waals surface area (Å²) in [5, 5.41) is 11.2. The molecule has 0 aliphatic heterocycles. The number of hydrogen-bond acceptors (Lipinski definition) is 3. The van der Waals surface area contributed by atoms with E-state index in [1.165, 1.54) is 5.57 Å². The lowest BCUT2D eigenvalue weighted by Gasteiger charge is -2.61. The number of Topliss-reactive ketones (excluding diaryl/α,β-unsaturated/α-hetero) is 1. The van der Waals surface area contributed by atoms with Crippen LogP contribution in [0.5, 0.6) is 0 Å². The summed E-state index contributed by atoms with van der Waals surface area (Å²) < 4.78 is 0. The quantitative estimate of drug-likeness (QED) is 0.784. The van der Waals surface area contributed by atoms with Gasteiger partial charge in [-0.15, -0.1) is 0 Å². The molecule has 0 aromatic rings. The van der Waals surface area contributed by atoms with E-state index in [0.29, 0.717) is 30.0 Å². The lowest BCUT2D eigenvalue weighted by molar-refractivity contribution is -0.147. The molecule has 4 rings (SSSR count). The van der Waals surface area contributed by atoms with Crippen LogP contribution in [0.4, 0.5) is 0 Å². The molecule has 3 unspecified atom stereocenters. The zero-order chi connectivity index (χ0) is 18.1. The van der Waals surface area contributed by atoms with Gasteiger partial charge in [0.2, 0.25) is 0 Å². The zero-order valence-corrected chi connectivity index (χ0v) is 16.0. The van der Waals surface area contributed by atoms with Crippen LogP contribution < -0.4 is 0 Å². The van der Waals surface area contributed by atoms with Gasteiger partial charge in [-0.3, -0.25) is 9.59 Å². The first-order valence-electron chi connectivity index (χ1n) is 10.1. The molecule has 0 amide bonds. The number of rotatable bonds is 1. The third-order valence-corrected chi connectivity index (χ3v) is 8.70. The Bertz CT molecular complexity index is 650. The average molecular weight is 344 g/mol. The van der Waals surface area contributed by atoms with Crippen LogP contribution in [-0.2, 0) is 9.59 Å². The summed E-state index contributed by atoms with van der Waals surface area (Å²) in [6.07, 6.45) is 6.93. The SMILES string of the molecule is CC(=O)[C@H]1CCC2C3C[C@H](C)C4=CC(=O)CC[C@]4(C)C3[C@@H](O)C[C@@]21C. The summed E-state index contributed by atoms with van der Waals surface area (Å²) in [7, 11) is 0. The van der Waals surface area contributed by atoms with E-state index in [1.54, 1.807) is 6.92 Å². The molecule has 3 heteroatoms. The van der Waals surface area contributed by atoms with Gasteiger partial charge in [0.15, 0.2) is 5.78 Å². The summed E-state index contributed by atoms with van der Waals surface area (Å²) >= 11 is 0. The Hall–Kier alpha value is -0.960. The van der Waals surface area contributed by atoms with Crippen molar-refractivity contribution in [1.82, 2.24) is 0 Å². The van der Waals surface area contributed by atoms with Gasteiger partial charge in [0.25, 0.3) is 0 Å². The first kappa shape index (κ1) is 17.5. The molecule has 1 N–H and O–H groups in total. The summed E-state index contributed by atoms with van der Waals surface area (Å²) in [4.78, 5) is 24.3. The van der Waals surface area contributed by atoms with Gasteiger partial charge < -0.3 is 5.11 Å². The Labute approximate surface area is 151 Å². The topological polar surface area (TPSA) is 54.4 Å². The molecule has 0 bridgehead atoms. The number of hydrogen-bond donors (Lipinski definition) is 1.